The molecule has 6 nitrogen and oxygen atoms in total. The number of rotatable bonds is 6. The lowest BCUT2D eigenvalue weighted by Gasteiger charge is -2.13. The first-order chi connectivity index (χ1) is 8.40. The topological polar surface area (TPSA) is 105 Å². The maximum Gasteiger partial charge on any atom is 0.355 e. The van der Waals surface area contributed by atoms with Crippen LogP contribution in [0.1, 0.15) is 35.8 Å². The van der Waals surface area contributed by atoms with E-state index in [1.54, 1.807) is 0 Å². The van der Waals surface area contributed by atoms with Crippen LogP contribution in [0.5, 0.6) is 0 Å². The first kappa shape index (κ1) is 14.6. The Morgan fingerprint density at radius 3 is 2.72 bits per heavy atom. The number of hydrogen-bond acceptors (Lipinski definition) is 5. The molecular formula is C11H17N3O3S. The summed E-state index contributed by atoms with van der Waals surface area (Å²) in [6, 6.07) is -0.538. The van der Waals surface area contributed by atoms with Gasteiger partial charge in [0.1, 0.15) is 5.01 Å². The average molecular weight is 271 g/mol. The predicted octanol–water partition coefficient (Wildman–Crippen LogP) is 0.831. The number of carboxylic acids is 1. The van der Waals surface area contributed by atoms with Gasteiger partial charge in [-0.1, -0.05) is 13.8 Å². The molecule has 1 aromatic heterocycles. The van der Waals surface area contributed by atoms with E-state index < -0.39 is 12.0 Å². The highest BCUT2D eigenvalue weighted by Gasteiger charge is 2.15. The van der Waals surface area contributed by atoms with Crippen molar-refractivity contribution in [3.8, 4) is 0 Å². The summed E-state index contributed by atoms with van der Waals surface area (Å²) < 4.78 is 0. The van der Waals surface area contributed by atoms with Crippen molar-refractivity contribution in [3.63, 3.8) is 0 Å². The number of nitrogens with two attached hydrogens (primary N) is 1. The van der Waals surface area contributed by atoms with E-state index >= 15 is 0 Å². The Kier molecular flexibility index (Phi) is 5.24. The van der Waals surface area contributed by atoms with Gasteiger partial charge in [0.2, 0.25) is 5.91 Å². The molecule has 0 aromatic carbocycles. The number of aromatic carboxylic acids is 1. The Bertz CT molecular complexity index is 431. The number of carbonyl (C=O) groups excluding carboxylic acids is 1. The quantitative estimate of drug-likeness (QED) is 0.710. The van der Waals surface area contributed by atoms with Gasteiger partial charge < -0.3 is 16.2 Å². The molecule has 4 N–H and O–H groups in total. The van der Waals surface area contributed by atoms with Crippen LogP contribution in [0.2, 0.25) is 0 Å². The molecule has 0 fully saturated rings. The highest BCUT2D eigenvalue weighted by molar-refractivity contribution is 7.09. The molecule has 0 saturated heterocycles. The molecule has 0 unspecified atom stereocenters. The SMILES string of the molecule is CC(C)C[C@H](N)C(=O)NCc1nc(C(=O)O)cs1. The Morgan fingerprint density at radius 1 is 1.56 bits per heavy atom. The second-order valence-corrected chi connectivity index (χ2v) is 5.33. The van der Waals surface area contributed by atoms with Crippen LogP contribution >= 0.6 is 11.3 Å². The predicted molar refractivity (Wildman–Crippen MR) is 68.4 cm³/mol. The molecule has 1 aromatic rings. The summed E-state index contributed by atoms with van der Waals surface area (Å²) in [6.45, 7) is 4.20. The first-order valence-corrected chi connectivity index (χ1v) is 6.49. The van der Waals surface area contributed by atoms with E-state index in [0.29, 0.717) is 17.3 Å². The third kappa shape index (κ3) is 4.42. The largest absolute Gasteiger partial charge is 0.476 e. The van der Waals surface area contributed by atoms with Crippen molar-refractivity contribution < 1.29 is 14.7 Å². The number of nitrogens with zero attached hydrogens (tertiary/aromatic N) is 1. The number of carbonyl (C=O) groups is 2. The number of nitrogens with one attached hydrogen (secondary N) is 1. The molecule has 18 heavy (non-hydrogen) atoms. The molecule has 7 heteroatoms. The maximum atomic E-state index is 11.6. The van der Waals surface area contributed by atoms with Crippen molar-refractivity contribution in [2.45, 2.75) is 32.9 Å². The van der Waals surface area contributed by atoms with Crippen molar-refractivity contribution in [3.05, 3.63) is 16.1 Å². The van der Waals surface area contributed by atoms with Crippen LogP contribution in [0.3, 0.4) is 0 Å². The van der Waals surface area contributed by atoms with Crippen molar-refractivity contribution in [1.29, 1.82) is 0 Å². The standard InChI is InChI=1S/C11H17N3O3S/c1-6(2)3-7(12)10(15)13-4-9-14-8(5-18-9)11(16)17/h5-7H,3-4,12H2,1-2H3,(H,13,15)(H,16,17)/t7-/m0/s1. The van der Waals surface area contributed by atoms with Gasteiger partial charge in [0.15, 0.2) is 5.69 Å². The van der Waals surface area contributed by atoms with E-state index in [2.05, 4.69) is 10.3 Å². The zero-order valence-corrected chi connectivity index (χ0v) is 11.2. The van der Waals surface area contributed by atoms with Crippen molar-refractivity contribution in [2.75, 3.05) is 0 Å². The molecule has 0 radical (unpaired) electrons. The summed E-state index contributed by atoms with van der Waals surface area (Å²) in [7, 11) is 0. The fourth-order valence-electron chi connectivity index (χ4n) is 1.40. The zero-order valence-electron chi connectivity index (χ0n) is 10.3. The van der Waals surface area contributed by atoms with Crippen LogP contribution < -0.4 is 11.1 Å². The van der Waals surface area contributed by atoms with Crippen molar-refractivity contribution in [2.24, 2.45) is 11.7 Å². The van der Waals surface area contributed by atoms with Gasteiger partial charge in [0.05, 0.1) is 12.6 Å². The molecule has 0 bridgehead atoms. The molecule has 0 saturated carbocycles. The second kappa shape index (κ2) is 6.46. The number of thiazole rings is 1. The Balaban J connectivity index is 2.44. The van der Waals surface area contributed by atoms with Crippen LogP contribution in [0.15, 0.2) is 5.38 Å². The van der Waals surface area contributed by atoms with Crippen LogP contribution in [0.4, 0.5) is 0 Å². The fraction of sp³-hybridized carbons (Fsp3) is 0.545. The minimum atomic E-state index is -1.07. The smallest absolute Gasteiger partial charge is 0.355 e. The molecule has 1 rings (SSSR count). The van der Waals surface area contributed by atoms with E-state index in [-0.39, 0.29) is 18.1 Å². The molecule has 100 valence electrons. The first-order valence-electron chi connectivity index (χ1n) is 5.61. The van der Waals surface area contributed by atoms with Gasteiger partial charge in [0.25, 0.3) is 0 Å². The van der Waals surface area contributed by atoms with Crippen LogP contribution in [-0.2, 0) is 11.3 Å². The number of aromatic nitrogens is 1. The maximum absolute atomic E-state index is 11.6. The number of hydrogen-bond donors (Lipinski definition) is 3. The molecule has 0 aliphatic heterocycles. The Labute approximate surface area is 109 Å². The average Bonchev–Trinajstić information content (AvgIpc) is 2.73. The minimum absolute atomic E-state index is 0.00396. The van der Waals surface area contributed by atoms with E-state index in [4.69, 9.17) is 10.8 Å². The normalized spacial score (nSPS) is 12.4. The van der Waals surface area contributed by atoms with Gasteiger partial charge in [0, 0.05) is 5.38 Å². The summed E-state index contributed by atoms with van der Waals surface area (Å²) >= 11 is 1.20. The summed E-state index contributed by atoms with van der Waals surface area (Å²) in [5.74, 6) is -0.958. The molecule has 1 atom stereocenters. The van der Waals surface area contributed by atoms with Gasteiger partial charge >= 0.3 is 5.97 Å². The van der Waals surface area contributed by atoms with Gasteiger partial charge in [-0.05, 0) is 12.3 Å². The van der Waals surface area contributed by atoms with Gasteiger partial charge in [-0.15, -0.1) is 11.3 Å². The lowest BCUT2D eigenvalue weighted by molar-refractivity contribution is -0.122. The van der Waals surface area contributed by atoms with Crippen LogP contribution in [-0.4, -0.2) is 28.0 Å². The highest BCUT2D eigenvalue weighted by atomic mass is 32.1. The van der Waals surface area contributed by atoms with E-state index in [9.17, 15) is 9.59 Å². The number of amides is 1. The van der Waals surface area contributed by atoms with Gasteiger partial charge in [-0.3, -0.25) is 4.79 Å². The third-order valence-corrected chi connectivity index (χ3v) is 3.10. The molecule has 0 spiro atoms. The van der Waals surface area contributed by atoms with E-state index in [1.165, 1.54) is 16.7 Å². The Morgan fingerprint density at radius 2 is 2.22 bits per heavy atom. The summed E-state index contributed by atoms with van der Waals surface area (Å²) in [4.78, 5) is 26.1. The molecule has 1 heterocycles. The summed E-state index contributed by atoms with van der Waals surface area (Å²) in [6.07, 6.45) is 0.615. The summed E-state index contributed by atoms with van der Waals surface area (Å²) in [5.41, 5.74) is 5.71. The number of carboxylic acid groups (broad SMARTS) is 1. The summed E-state index contributed by atoms with van der Waals surface area (Å²) in [5, 5.41) is 13.3. The van der Waals surface area contributed by atoms with Crippen molar-refractivity contribution >= 4 is 23.2 Å². The molecular weight excluding hydrogens is 254 g/mol. The van der Waals surface area contributed by atoms with E-state index in [1.807, 2.05) is 13.8 Å². The molecule has 1 amide bonds. The second-order valence-electron chi connectivity index (χ2n) is 4.39. The molecule has 0 aliphatic carbocycles. The fourth-order valence-corrected chi connectivity index (χ4v) is 2.11. The molecule has 0 aliphatic rings. The van der Waals surface area contributed by atoms with Crippen LogP contribution in [0.25, 0.3) is 0 Å². The lowest BCUT2D eigenvalue weighted by Crippen LogP contribution is -2.41. The minimum Gasteiger partial charge on any atom is -0.476 e. The van der Waals surface area contributed by atoms with E-state index in [0.717, 1.165) is 0 Å². The van der Waals surface area contributed by atoms with Crippen LogP contribution in [0, 0.1) is 5.92 Å². The highest BCUT2D eigenvalue weighted by Crippen LogP contribution is 2.09. The van der Waals surface area contributed by atoms with Gasteiger partial charge in [-0.25, -0.2) is 9.78 Å². The van der Waals surface area contributed by atoms with Gasteiger partial charge in [-0.2, -0.15) is 0 Å². The third-order valence-electron chi connectivity index (χ3n) is 2.25. The lowest BCUT2D eigenvalue weighted by atomic mass is 10.0. The Hall–Kier alpha value is -1.47. The van der Waals surface area contributed by atoms with Crippen molar-refractivity contribution in [1.82, 2.24) is 10.3 Å². The zero-order chi connectivity index (χ0) is 13.7. The monoisotopic (exact) mass is 271 g/mol.